The van der Waals surface area contributed by atoms with Gasteiger partial charge in [0.1, 0.15) is 11.6 Å². The van der Waals surface area contributed by atoms with Gasteiger partial charge in [-0.2, -0.15) is 0 Å². The average molecular weight is 462 g/mol. The zero-order valence-corrected chi connectivity index (χ0v) is 19.8. The molecule has 3 aromatic carbocycles. The van der Waals surface area contributed by atoms with E-state index in [0.29, 0.717) is 19.7 Å². The van der Waals surface area contributed by atoms with E-state index in [4.69, 9.17) is 9.84 Å². The highest BCUT2D eigenvalue weighted by molar-refractivity contribution is 5.71. The van der Waals surface area contributed by atoms with Gasteiger partial charge in [-0.25, -0.2) is 4.39 Å². The van der Waals surface area contributed by atoms with Crippen LogP contribution in [0.15, 0.2) is 66.7 Å². The lowest BCUT2D eigenvalue weighted by atomic mass is 9.86. The summed E-state index contributed by atoms with van der Waals surface area (Å²) in [7, 11) is 0. The third-order valence-corrected chi connectivity index (χ3v) is 6.73. The van der Waals surface area contributed by atoms with Crippen molar-refractivity contribution in [1.29, 1.82) is 0 Å². The maximum absolute atomic E-state index is 13.9. The number of nitrogens with zero attached hydrogens (tertiary/aromatic N) is 1. The number of aryl methyl sites for hydroxylation is 2. The quantitative estimate of drug-likeness (QED) is 0.379. The van der Waals surface area contributed by atoms with E-state index in [-0.39, 0.29) is 17.7 Å². The van der Waals surface area contributed by atoms with Crippen LogP contribution >= 0.6 is 0 Å². The summed E-state index contributed by atoms with van der Waals surface area (Å²) in [4.78, 5) is 13.1. The van der Waals surface area contributed by atoms with Gasteiger partial charge >= 0.3 is 5.97 Å². The van der Waals surface area contributed by atoms with E-state index >= 15 is 0 Å². The van der Waals surface area contributed by atoms with Crippen LogP contribution in [-0.2, 0) is 11.3 Å². The molecule has 0 amide bonds. The van der Waals surface area contributed by atoms with E-state index in [1.807, 2.05) is 30.3 Å². The summed E-state index contributed by atoms with van der Waals surface area (Å²) >= 11 is 0. The number of carbonyl (C=O) groups is 1. The Morgan fingerprint density at radius 3 is 2.44 bits per heavy atom. The molecule has 1 unspecified atom stereocenters. The smallest absolute Gasteiger partial charge is 0.309 e. The second-order valence-corrected chi connectivity index (χ2v) is 9.32. The van der Waals surface area contributed by atoms with E-state index in [0.717, 1.165) is 36.3 Å². The number of ether oxygens (including phenoxy) is 1. The van der Waals surface area contributed by atoms with Gasteiger partial charge in [0.25, 0.3) is 0 Å². The first-order valence-electron chi connectivity index (χ1n) is 11.9. The molecular formula is C29H32FNO3. The monoisotopic (exact) mass is 461 g/mol. The highest BCUT2D eigenvalue weighted by Gasteiger charge is 2.32. The van der Waals surface area contributed by atoms with Crippen LogP contribution < -0.4 is 4.74 Å². The van der Waals surface area contributed by atoms with E-state index in [1.165, 1.54) is 22.8 Å². The Bertz CT molecular complexity index is 1120. The molecule has 3 aromatic rings. The number of likely N-dealkylation sites (tertiary alicyclic amines) is 1. The van der Waals surface area contributed by atoms with Crippen LogP contribution in [0.2, 0.25) is 0 Å². The molecule has 34 heavy (non-hydrogen) atoms. The lowest BCUT2D eigenvalue weighted by molar-refractivity contribution is -0.147. The predicted molar refractivity (Wildman–Crippen MR) is 132 cm³/mol. The topological polar surface area (TPSA) is 49.8 Å². The number of aliphatic carboxylic acids is 1. The Labute approximate surface area is 201 Å². The molecule has 178 valence electrons. The number of halogens is 1. The fourth-order valence-electron chi connectivity index (χ4n) is 4.51. The normalized spacial score (nSPS) is 15.0. The van der Waals surface area contributed by atoms with Crippen LogP contribution in [0.3, 0.4) is 0 Å². The van der Waals surface area contributed by atoms with Crippen LogP contribution in [0.25, 0.3) is 0 Å². The fraction of sp³-hybridized carbons (Fsp3) is 0.345. The summed E-state index contributed by atoms with van der Waals surface area (Å²) < 4.78 is 19.9. The largest absolute Gasteiger partial charge is 0.494 e. The summed E-state index contributed by atoms with van der Waals surface area (Å²) in [6, 6.07) is 21.4. The zero-order valence-electron chi connectivity index (χ0n) is 19.8. The highest BCUT2D eigenvalue weighted by atomic mass is 19.1. The second kappa shape index (κ2) is 10.8. The second-order valence-electron chi connectivity index (χ2n) is 9.32. The maximum Gasteiger partial charge on any atom is 0.309 e. The van der Waals surface area contributed by atoms with E-state index in [9.17, 15) is 9.18 Å². The van der Waals surface area contributed by atoms with Crippen molar-refractivity contribution in [2.45, 2.75) is 39.2 Å². The molecule has 0 spiro atoms. The molecule has 1 aliphatic rings. The van der Waals surface area contributed by atoms with Crippen molar-refractivity contribution in [3.05, 3.63) is 100 Å². The Hall–Kier alpha value is -3.18. The molecule has 5 heteroatoms. The highest BCUT2D eigenvalue weighted by Crippen LogP contribution is 2.31. The molecule has 0 saturated carbocycles. The van der Waals surface area contributed by atoms with Crippen LogP contribution in [0.5, 0.6) is 5.75 Å². The fourth-order valence-corrected chi connectivity index (χ4v) is 4.51. The summed E-state index contributed by atoms with van der Waals surface area (Å²) in [6.07, 6.45) is 1.71. The van der Waals surface area contributed by atoms with Gasteiger partial charge in [0.2, 0.25) is 0 Å². The minimum Gasteiger partial charge on any atom is -0.494 e. The Balaban J connectivity index is 1.31. The van der Waals surface area contributed by atoms with Gasteiger partial charge in [-0.15, -0.1) is 0 Å². The minimum absolute atomic E-state index is 0.118. The van der Waals surface area contributed by atoms with E-state index < -0.39 is 5.97 Å². The average Bonchev–Trinajstić information content (AvgIpc) is 2.78. The molecule has 0 aromatic heterocycles. The van der Waals surface area contributed by atoms with Gasteiger partial charge in [-0.3, -0.25) is 9.69 Å². The van der Waals surface area contributed by atoms with Gasteiger partial charge in [-0.1, -0.05) is 42.5 Å². The van der Waals surface area contributed by atoms with Crippen molar-refractivity contribution in [2.75, 3.05) is 19.7 Å². The first kappa shape index (κ1) is 24.0. The summed E-state index contributed by atoms with van der Waals surface area (Å²) in [5, 5.41) is 9.00. The van der Waals surface area contributed by atoms with Gasteiger partial charge < -0.3 is 9.84 Å². The standard InChI is InChI=1S/C29H32FNO3/c1-20-8-11-24(15-21(20)2)28(23-5-3-6-26(30)16-23)7-4-14-34-27-12-9-22(10-13-27)17-31-18-25(19-31)29(32)33/h3,5-6,8-13,15-16,25,28H,4,7,14,17-19H2,1-2H3,(H,32,33). The number of carboxylic acid groups (broad SMARTS) is 1. The lowest BCUT2D eigenvalue weighted by Gasteiger charge is -2.36. The molecule has 1 aliphatic heterocycles. The van der Waals surface area contributed by atoms with Crippen LogP contribution in [0.4, 0.5) is 4.39 Å². The van der Waals surface area contributed by atoms with E-state index in [1.54, 1.807) is 12.1 Å². The van der Waals surface area contributed by atoms with Gasteiger partial charge in [0, 0.05) is 25.6 Å². The molecular weight excluding hydrogens is 429 g/mol. The Kier molecular flexibility index (Phi) is 7.63. The number of hydrogen-bond acceptors (Lipinski definition) is 3. The van der Waals surface area contributed by atoms with Crippen molar-refractivity contribution in [3.63, 3.8) is 0 Å². The Morgan fingerprint density at radius 1 is 1.03 bits per heavy atom. The zero-order chi connectivity index (χ0) is 24.1. The van der Waals surface area contributed by atoms with Gasteiger partial charge in [0.15, 0.2) is 0 Å². The van der Waals surface area contributed by atoms with Crippen LogP contribution in [-0.4, -0.2) is 35.7 Å². The minimum atomic E-state index is -0.711. The lowest BCUT2D eigenvalue weighted by Crippen LogP contribution is -2.49. The number of hydrogen-bond donors (Lipinski definition) is 1. The molecule has 0 aliphatic carbocycles. The van der Waals surface area contributed by atoms with Crippen molar-refractivity contribution in [1.82, 2.24) is 4.90 Å². The first-order valence-corrected chi connectivity index (χ1v) is 11.9. The number of benzene rings is 3. The van der Waals surface area contributed by atoms with E-state index in [2.05, 4.69) is 36.9 Å². The third kappa shape index (κ3) is 6.03. The first-order chi connectivity index (χ1) is 16.4. The summed E-state index contributed by atoms with van der Waals surface area (Å²) in [5.41, 5.74) is 5.84. The molecule has 0 radical (unpaired) electrons. The predicted octanol–water partition coefficient (Wildman–Crippen LogP) is 5.95. The SMILES string of the molecule is Cc1ccc(C(CCCOc2ccc(CN3CC(C(=O)O)C3)cc2)c2cccc(F)c2)cc1C. The number of carboxylic acids is 1. The molecule has 4 nitrogen and oxygen atoms in total. The van der Waals surface area contributed by atoms with Crippen molar-refractivity contribution in [3.8, 4) is 5.75 Å². The Morgan fingerprint density at radius 2 is 1.76 bits per heavy atom. The van der Waals surface area contributed by atoms with Gasteiger partial charge in [0.05, 0.1) is 12.5 Å². The summed E-state index contributed by atoms with van der Waals surface area (Å²) in [6.45, 7) is 6.78. The van der Waals surface area contributed by atoms with Gasteiger partial charge in [-0.05, 0) is 78.8 Å². The molecule has 1 atom stereocenters. The molecule has 1 N–H and O–H groups in total. The molecule has 1 heterocycles. The van der Waals surface area contributed by atoms with Crippen LogP contribution in [0.1, 0.15) is 46.6 Å². The molecule has 1 fully saturated rings. The molecule has 1 saturated heterocycles. The third-order valence-electron chi connectivity index (χ3n) is 6.73. The molecule has 4 rings (SSSR count). The summed E-state index contributed by atoms with van der Waals surface area (Å²) in [5.74, 6) is -0.212. The van der Waals surface area contributed by atoms with Crippen molar-refractivity contribution < 1.29 is 19.0 Å². The van der Waals surface area contributed by atoms with Crippen molar-refractivity contribution in [2.24, 2.45) is 5.92 Å². The number of rotatable bonds is 10. The van der Waals surface area contributed by atoms with Crippen molar-refractivity contribution >= 4 is 5.97 Å². The molecule has 0 bridgehead atoms. The van der Waals surface area contributed by atoms with Crippen LogP contribution in [0, 0.1) is 25.6 Å². The maximum atomic E-state index is 13.9.